The Labute approximate surface area is 211 Å². The van der Waals surface area contributed by atoms with Gasteiger partial charge < -0.3 is 14.9 Å². The lowest BCUT2D eigenvalue weighted by Crippen LogP contribution is -2.66. The van der Waals surface area contributed by atoms with Crippen molar-refractivity contribution in [3.63, 3.8) is 0 Å². The molecule has 0 radical (unpaired) electrons. The zero-order valence-corrected chi connectivity index (χ0v) is 23.1. The van der Waals surface area contributed by atoms with E-state index >= 15 is 0 Å². The average Bonchev–Trinajstić information content (AvgIpc) is 2.84. The number of carbonyl (C=O) groups excluding carboxylic acids is 1. The smallest absolute Gasteiger partial charge is 0.310 e. The fourth-order valence-electron chi connectivity index (χ4n) is 10.7. The first-order chi connectivity index (χ1) is 16.0. The number of hydrogen-bond acceptors (Lipinski definition) is 4. The molecule has 2 unspecified atom stereocenters. The topological polar surface area (TPSA) is 83.8 Å². The van der Waals surface area contributed by atoms with E-state index in [0.29, 0.717) is 25.2 Å². The van der Waals surface area contributed by atoms with Gasteiger partial charge in [-0.05, 0) is 91.3 Å². The summed E-state index contributed by atoms with van der Waals surface area (Å²) in [6, 6.07) is 0. The molecule has 0 amide bonds. The molecule has 5 rings (SSSR count). The average molecular weight is 489 g/mol. The summed E-state index contributed by atoms with van der Waals surface area (Å²) in [5.41, 5.74) is -1.32. The summed E-state index contributed by atoms with van der Waals surface area (Å²) in [6.45, 7) is 16.1. The van der Waals surface area contributed by atoms with Crippen LogP contribution >= 0.6 is 0 Å². The number of hydrogen-bond donors (Lipinski definition) is 2. The van der Waals surface area contributed by atoms with Gasteiger partial charge in [0.15, 0.2) is 0 Å². The standard InChI is InChI=1S/C30H48O5/c1-25(2)12-14-30(24(33)34)15-13-29(7)23(18(30)17-25)35-22(32)16-20-27(5)10-9-21(31)26(3,4)19(27)8-11-28(20,29)6/h18-21,23,31H,8-17H2,1-7H3,(H,33,34)/t18-,19?,20+,21-,23?,27-,28+,29+,30-/m0/s1. The molecular weight excluding hydrogens is 440 g/mol. The number of carboxylic acids is 1. The second kappa shape index (κ2) is 7.48. The highest BCUT2D eigenvalue weighted by atomic mass is 16.5. The van der Waals surface area contributed by atoms with Crippen molar-refractivity contribution in [1.82, 2.24) is 0 Å². The zero-order chi connectivity index (χ0) is 25.8. The molecule has 1 heterocycles. The lowest BCUT2D eigenvalue weighted by molar-refractivity contribution is -0.236. The summed E-state index contributed by atoms with van der Waals surface area (Å²) in [5, 5.41) is 21.4. The summed E-state index contributed by atoms with van der Waals surface area (Å²) in [7, 11) is 0. The fraction of sp³-hybridized carbons (Fsp3) is 0.933. The third-order valence-corrected chi connectivity index (χ3v) is 13.2. The number of aliphatic carboxylic acids is 1. The van der Waals surface area contributed by atoms with Crippen LogP contribution in [0.3, 0.4) is 0 Å². The summed E-state index contributed by atoms with van der Waals surface area (Å²) in [6.07, 6.45) is 7.39. The molecule has 5 nitrogen and oxygen atoms in total. The van der Waals surface area contributed by atoms with Crippen LogP contribution in [-0.2, 0) is 14.3 Å². The second-order valence-electron chi connectivity index (χ2n) is 15.4. The molecule has 1 saturated heterocycles. The van der Waals surface area contributed by atoms with Crippen LogP contribution in [-0.4, -0.2) is 34.4 Å². The van der Waals surface area contributed by atoms with Crippen molar-refractivity contribution in [2.24, 2.45) is 50.2 Å². The van der Waals surface area contributed by atoms with Gasteiger partial charge in [-0.3, -0.25) is 9.59 Å². The minimum atomic E-state index is -0.784. The molecule has 0 aromatic carbocycles. The predicted octanol–water partition coefficient (Wildman–Crippen LogP) is 6.22. The molecule has 4 aliphatic carbocycles. The van der Waals surface area contributed by atoms with E-state index in [1.807, 2.05) is 0 Å². The Balaban J connectivity index is 1.62. The van der Waals surface area contributed by atoms with Crippen molar-refractivity contribution in [1.29, 1.82) is 0 Å². The number of rotatable bonds is 1. The van der Waals surface area contributed by atoms with E-state index in [-0.39, 0.29) is 57.1 Å². The van der Waals surface area contributed by atoms with Gasteiger partial charge in [0.2, 0.25) is 0 Å². The maximum absolute atomic E-state index is 13.6. The molecule has 0 aromatic heterocycles. The molecule has 35 heavy (non-hydrogen) atoms. The molecule has 198 valence electrons. The lowest BCUT2D eigenvalue weighted by Gasteiger charge is -2.68. The Morgan fingerprint density at radius 3 is 2.17 bits per heavy atom. The summed E-state index contributed by atoms with van der Waals surface area (Å²) < 4.78 is 6.46. The van der Waals surface area contributed by atoms with Crippen molar-refractivity contribution in [2.75, 3.05) is 0 Å². The van der Waals surface area contributed by atoms with Crippen LogP contribution in [0.1, 0.15) is 113 Å². The van der Waals surface area contributed by atoms with E-state index in [0.717, 1.165) is 44.9 Å². The van der Waals surface area contributed by atoms with Crippen molar-refractivity contribution >= 4 is 11.9 Å². The molecule has 5 aliphatic rings. The zero-order valence-electron chi connectivity index (χ0n) is 23.1. The second-order valence-corrected chi connectivity index (χ2v) is 15.4. The van der Waals surface area contributed by atoms with Gasteiger partial charge in [-0.25, -0.2) is 0 Å². The van der Waals surface area contributed by atoms with Gasteiger partial charge in [0.1, 0.15) is 6.10 Å². The van der Waals surface area contributed by atoms with Crippen LogP contribution in [0.2, 0.25) is 0 Å². The van der Waals surface area contributed by atoms with Crippen LogP contribution in [0.4, 0.5) is 0 Å². The number of carbonyl (C=O) groups is 2. The summed E-state index contributed by atoms with van der Waals surface area (Å²) >= 11 is 0. The van der Waals surface area contributed by atoms with E-state index in [4.69, 9.17) is 4.74 Å². The van der Waals surface area contributed by atoms with E-state index in [1.54, 1.807) is 0 Å². The molecule has 5 heteroatoms. The minimum absolute atomic E-state index is 0.0418. The van der Waals surface area contributed by atoms with Gasteiger partial charge in [-0.1, -0.05) is 48.5 Å². The van der Waals surface area contributed by atoms with Gasteiger partial charge in [-0.15, -0.1) is 0 Å². The van der Waals surface area contributed by atoms with Crippen LogP contribution in [0.25, 0.3) is 0 Å². The molecule has 2 N–H and O–H groups in total. The Morgan fingerprint density at radius 2 is 1.51 bits per heavy atom. The third-order valence-electron chi connectivity index (χ3n) is 13.2. The molecule has 9 atom stereocenters. The Morgan fingerprint density at radius 1 is 0.857 bits per heavy atom. The monoisotopic (exact) mass is 488 g/mol. The van der Waals surface area contributed by atoms with E-state index < -0.39 is 11.4 Å². The quantitative estimate of drug-likeness (QED) is 0.428. The Kier molecular flexibility index (Phi) is 5.46. The van der Waals surface area contributed by atoms with Crippen LogP contribution in [0, 0.1) is 50.2 Å². The Bertz CT molecular complexity index is 924. The number of ether oxygens (including phenoxy) is 1. The molecule has 4 saturated carbocycles. The molecule has 1 aliphatic heterocycles. The van der Waals surface area contributed by atoms with E-state index in [1.165, 1.54) is 0 Å². The SMILES string of the molecule is CC1(C)CC[C@]2(C(=O)O)CC[C@]3(C)C(OC(=O)C[C@@H]4[C@@]5(C)CC[C@H](O)C(C)(C)C5CC[C@]43C)[C@@H]2C1. The molecular formula is C30H48O5. The molecule has 5 fully saturated rings. The van der Waals surface area contributed by atoms with Gasteiger partial charge in [0.05, 0.1) is 11.5 Å². The van der Waals surface area contributed by atoms with E-state index in [9.17, 15) is 19.8 Å². The fourth-order valence-corrected chi connectivity index (χ4v) is 10.7. The van der Waals surface area contributed by atoms with Crippen LogP contribution in [0.15, 0.2) is 0 Å². The molecule has 0 bridgehead atoms. The molecule has 0 spiro atoms. The number of aliphatic hydroxyl groups is 1. The predicted molar refractivity (Wildman–Crippen MR) is 134 cm³/mol. The van der Waals surface area contributed by atoms with Crippen LogP contribution < -0.4 is 0 Å². The number of esters is 1. The van der Waals surface area contributed by atoms with Crippen LogP contribution in [0.5, 0.6) is 0 Å². The lowest BCUT2D eigenvalue weighted by atomic mass is 9.35. The minimum Gasteiger partial charge on any atom is -0.481 e. The number of aliphatic hydroxyl groups excluding tert-OH is 1. The van der Waals surface area contributed by atoms with Crippen molar-refractivity contribution in [2.45, 2.75) is 125 Å². The largest absolute Gasteiger partial charge is 0.481 e. The van der Waals surface area contributed by atoms with Gasteiger partial charge in [0, 0.05) is 17.8 Å². The highest BCUT2D eigenvalue weighted by molar-refractivity contribution is 5.76. The highest BCUT2D eigenvalue weighted by Crippen LogP contribution is 2.74. The maximum Gasteiger partial charge on any atom is 0.310 e. The van der Waals surface area contributed by atoms with E-state index in [2.05, 4.69) is 48.5 Å². The van der Waals surface area contributed by atoms with Gasteiger partial charge in [-0.2, -0.15) is 0 Å². The summed E-state index contributed by atoms with van der Waals surface area (Å²) in [4.78, 5) is 26.4. The number of carboxylic acid groups (broad SMARTS) is 1. The van der Waals surface area contributed by atoms with Crippen molar-refractivity contribution < 1.29 is 24.5 Å². The number of fused-ring (bicyclic) bond motifs is 7. The van der Waals surface area contributed by atoms with Crippen molar-refractivity contribution in [3.8, 4) is 0 Å². The first-order valence-electron chi connectivity index (χ1n) is 14.1. The first kappa shape index (κ1) is 25.5. The summed E-state index contributed by atoms with van der Waals surface area (Å²) in [5.74, 6) is -0.430. The Hall–Kier alpha value is -1.10. The normalized spacial score (nSPS) is 52.6. The first-order valence-corrected chi connectivity index (χ1v) is 14.1. The maximum atomic E-state index is 13.6. The molecule has 0 aromatic rings. The van der Waals surface area contributed by atoms with Gasteiger partial charge in [0.25, 0.3) is 0 Å². The highest BCUT2D eigenvalue weighted by Gasteiger charge is 2.72. The van der Waals surface area contributed by atoms with Crippen molar-refractivity contribution in [3.05, 3.63) is 0 Å². The van der Waals surface area contributed by atoms with Gasteiger partial charge >= 0.3 is 11.9 Å². The third kappa shape index (κ3) is 3.21.